The van der Waals surface area contributed by atoms with Crippen LogP contribution in [0.1, 0.15) is 29.4 Å². The highest BCUT2D eigenvalue weighted by Gasteiger charge is 2.24. The number of nitrogens with two attached hydrogens (primary N) is 1. The zero-order valence-electron chi connectivity index (χ0n) is 11.1. The summed E-state index contributed by atoms with van der Waals surface area (Å²) in [5.74, 6) is 0.0121. The number of hydrogen-bond donors (Lipinski definition) is 3. The van der Waals surface area contributed by atoms with Gasteiger partial charge in [-0.15, -0.1) is 0 Å². The molecule has 0 unspecified atom stereocenters. The molecule has 0 aromatic carbocycles. The van der Waals surface area contributed by atoms with Gasteiger partial charge in [-0.1, -0.05) is 11.3 Å². The number of aromatic nitrogens is 3. The van der Waals surface area contributed by atoms with E-state index < -0.39 is 0 Å². The van der Waals surface area contributed by atoms with E-state index >= 15 is 0 Å². The van der Waals surface area contributed by atoms with Gasteiger partial charge in [0.2, 0.25) is 0 Å². The van der Waals surface area contributed by atoms with Crippen molar-refractivity contribution in [1.29, 1.82) is 0 Å². The average Bonchev–Trinajstić information content (AvgIpc) is 2.98. The molecule has 20 heavy (non-hydrogen) atoms. The van der Waals surface area contributed by atoms with Crippen LogP contribution in [0.3, 0.4) is 0 Å². The van der Waals surface area contributed by atoms with Crippen LogP contribution in [-0.4, -0.2) is 26.7 Å². The Labute approximate surface area is 120 Å². The Bertz CT molecular complexity index is 630. The maximum Gasteiger partial charge on any atom is 0.269 e. The lowest BCUT2D eigenvalue weighted by Crippen LogP contribution is -2.11. The van der Waals surface area contributed by atoms with E-state index in [-0.39, 0.29) is 11.7 Å². The van der Waals surface area contributed by atoms with Crippen LogP contribution in [0.5, 0.6) is 0 Å². The van der Waals surface area contributed by atoms with Gasteiger partial charge in [0.1, 0.15) is 10.7 Å². The van der Waals surface area contributed by atoms with E-state index in [1.165, 1.54) is 11.3 Å². The smallest absolute Gasteiger partial charge is 0.269 e. The number of carbonyl (C=O) groups is 1. The largest absolute Gasteiger partial charge is 0.382 e. The minimum atomic E-state index is -0.250. The molecule has 2 aromatic heterocycles. The molecule has 1 saturated carbocycles. The first-order valence-electron chi connectivity index (χ1n) is 6.52. The van der Waals surface area contributed by atoms with Gasteiger partial charge in [-0.2, -0.15) is 5.10 Å². The Morgan fingerprint density at radius 3 is 3.05 bits per heavy atom. The molecule has 1 aliphatic carbocycles. The SMILES string of the molecule is CCn1cc(NC(=O)c2sc(NC3CC3)nc2N)cn1. The van der Waals surface area contributed by atoms with E-state index in [9.17, 15) is 4.79 Å². The van der Waals surface area contributed by atoms with Crippen LogP contribution in [0.2, 0.25) is 0 Å². The highest BCUT2D eigenvalue weighted by molar-refractivity contribution is 7.18. The number of thiazole rings is 1. The molecule has 1 aliphatic rings. The Morgan fingerprint density at radius 1 is 1.60 bits per heavy atom. The first kappa shape index (κ1) is 12.9. The van der Waals surface area contributed by atoms with Crippen molar-refractivity contribution in [3.05, 3.63) is 17.3 Å². The Morgan fingerprint density at radius 2 is 2.40 bits per heavy atom. The summed E-state index contributed by atoms with van der Waals surface area (Å²) in [6.45, 7) is 2.74. The Kier molecular flexibility index (Phi) is 3.31. The lowest BCUT2D eigenvalue weighted by Gasteiger charge is -1.99. The fraction of sp³-hybridized carbons (Fsp3) is 0.417. The van der Waals surface area contributed by atoms with E-state index in [4.69, 9.17) is 5.73 Å². The second-order valence-corrected chi connectivity index (χ2v) is 5.69. The number of anilines is 3. The molecule has 8 heteroatoms. The summed E-state index contributed by atoms with van der Waals surface area (Å²) in [6, 6.07) is 0.485. The summed E-state index contributed by atoms with van der Waals surface area (Å²) in [4.78, 5) is 16.8. The van der Waals surface area contributed by atoms with E-state index in [0.29, 0.717) is 21.7 Å². The monoisotopic (exact) mass is 292 g/mol. The molecule has 0 spiro atoms. The van der Waals surface area contributed by atoms with Crippen LogP contribution in [0.15, 0.2) is 12.4 Å². The van der Waals surface area contributed by atoms with Crippen LogP contribution in [0.4, 0.5) is 16.6 Å². The van der Waals surface area contributed by atoms with Gasteiger partial charge in [0.05, 0.1) is 11.9 Å². The van der Waals surface area contributed by atoms with E-state index in [1.54, 1.807) is 17.1 Å². The van der Waals surface area contributed by atoms with Crippen LogP contribution in [-0.2, 0) is 6.54 Å². The molecule has 3 rings (SSSR count). The van der Waals surface area contributed by atoms with E-state index in [2.05, 4.69) is 20.7 Å². The fourth-order valence-corrected chi connectivity index (χ4v) is 2.60. The summed E-state index contributed by atoms with van der Waals surface area (Å²) in [5.41, 5.74) is 6.46. The standard InChI is InChI=1S/C12H16N6OS/c1-2-18-6-8(5-14-18)15-11(19)9-10(13)17-12(20-9)16-7-3-4-7/h5-7H,2-4,13H2,1H3,(H,15,19)(H,16,17). The quantitative estimate of drug-likeness (QED) is 0.780. The van der Waals surface area contributed by atoms with Gasteiger partial charge in [0, 0.05) is 18.8 Å². The van der Waals surface area contributed by atoms with Gasteiger partial charge < -0.3 is 16.4 Å². The van der Waals surface area contributed by atoms with Crippen molar-refractivity contribution < 1.29 is 4.79 Å². The minimum Gasteiger partial charge on any atom is -0.382 e. The molecule has 106 valence electrons. The van der Waals surface area contributed by atoms with Crippen molar-refractivity contribution in [2.24, 2.45) is 0 Å². The van der Waals surface area contributed by atoms with Crippen molar-refractivity contribution in [1.82, 2.24) is 14.8 Å². The van der Waals surface area contributed by atoms with Gasteiger partial charge in [-0.05, 0) is 19.8 Å². The summed E-state index contributed by atoms with van der Waals surface area (Å²) in [7, 11) is 0. The second kappa shape index (κ2) is 5.12. The maximum atomic E-state index is 12.2. The summed E-state index contributed by atoms with van der Waals surface area (Å²) in [6.07, 6.45) is 5.69. The molecular formula is C12H16N6OS. The molecular weight excluding hydrogens is 276 g/mol. The molecule has 0 saturated heterocycles. The normalized spacial score (nSPS) is 14.2. The second-order valence-electron chi connectivity index (χ2n) is 4.69. The predicted octanol–water partition coefficient (Wildman–Crippen LogP) is 1.77. The number of nitrogen functional groups attached to an aromatic ring is 1. The summed E-state index contributed by atoms with van der Waals surface area (Å²) < 4.78 is 1.74. The molecule has 0 bridgehead atoms. The predicted molar refractivity (Wildman–Crippen MR) is 79.0 cm³/mol. The van der Waals surface area contributed by atoms with E-state index in [1.807, 2.05) is 6.92 Å². The molecule has 0 atom stereocenters. The van der Waals surface area contributed by atoms with Crippen molar-refractivity contribution in [3.63, 3.8) is 0 Å². The molecule has 2 heterocycles. The summed E-state index contributed by atoms with van der Waals surface area (Å²) >= 11 is 1.28. The maximum absolute atomic E-state index is 12.2. The number of hydrogen-bond acceptors (Lipinski definition) is 6. The zero-order valence-corrected chi connectivity index (χ0v) is 11.9. The number of amides is 1. The van der Waals surface area contributed by atoms with Crippen LogP contribution in [0.25, 0.3) is 0 Å². The Hall–Kier alpha value is -2.09. The Balaban J connectivity index is 1.70. The van der Waals surface area contributed by atoms with Crippen LogP contribution in [0, 0.1) is 0 Å². The number of carbonyl (C=O) groups excluding carboxylic acids is 1. The highest BCUT2D eigenvalue weighted by atomic mass is 32.1. The zero-order chi connectivity index (χ0) is 14.1. The third-order valence-electron chi connectivity index (χ3n) is 2.98. The van der Waals surface area contributed by atoms with Crippen molar-refractivity contribution in [2.45, 2.75) is 32.4 Å². The first-order valence-corrected chi connectivity index (χ1v) is 7.34. The van der Waals surface area contributed by atoms with Gasteiger partial charge in [0.15, 0.2) is 5.13 Å². The van der Waals surface area contributed by atoms with Crippen molar-refractivity contribution in [2.75, 3.05) is 16.4 Å². The fourth-order valence-electron chi connectivity index (χ4n) is 1.75. The lowest BCUT2D eigenvalue weighted by atomic mass is 10.4. The third-order valence-corrected chi connectivity index (χ3v) is 3.98. The molecule has 0 aliphatic heterocycles. The molecule has 1 amide bonds. The van der Waals surface area contributed by atoms with Crippen LogP contribution >= 0.6 is 11.3 Å². The average molecular weight is 292 g/mol. The number of nitrogens with one attached hydrogen (secondary N) is 2. The number of rotatable bonds is 5. The first-order chi connectivity index (χ1) is 9.65. The van der Waals surface area contributed by atoms with Gasteiger partial charge >= 0.3 is 0 Å². The van der Waals surface area contributed by atoms with Gasteiger partial charge in [0.25, 0.3) is 5.91 Å². The van der Waals surface area contributed by atoms with E-state index in [0.717, 1.165) is 19.4 Å². The molecule has 1 fully saturated rings. The molecule has 4 N–H and O–H groups in total. The van der Waals surface area contributed by atoms with Gasteiger partial charge in [-0.25, -0.2) is 4.98 Å². The number of aryl methyl sites for hydroxylation is 1. The van der Waals surface area contributed by atoms with Crippen molar-refractivity contribution in [3.8, 4) is 0 Å². The molecule has 0 radical (unpaired) electrons. The molecule has 7 nitrogen and oxygen atoms in total. The minimum absolute atomic E-state index is 0.250. The number of nitrogens with zero attached hydrogens (tertiary/aromatic N) is 3. The van der Waals surface area contributed by atoms with Crippen LogP contribution < -0.4 is 16.4 Å². The highest BCUT2D eigenvalue weighted by Crippen LogP contribution is 2.30. The topological polar surface area (TPSA) is 97.9 Å². The van der Waals surface area contributed by atoms with Gasteiger partial charge in [-0.3, -0.25) is 9.48 Å². The lowest BCUT2D eigenvalue weighted by molar-refractivity contribution is 0.103. The summed E-state index contributed by atoms with van der Waals surface area (Å²) in [5, 5.41) is 10.8. The van der Waals surface area contributed by atoms with Crippen molar-refractivity contribution >= 4 is 33.9 Å². The third kappa shape index (κ3) is 2.74. The molecule has 2 aromatic rings.